The average molecular weight is 272 g/mol. The molecule has 108 valence electrons. The first-order valence-electron chi connectivity index (χ1n) is 7.36. The van der Waals surface area contributed by atoms with Crippen LogP contribution in [0.3, 0.4) is 0 Å². The third-order valence-electron chi connectivity index (χ3n) is 3.48. The molecule has 0 aromatic heterocycles. The number of hydrogen-bond acceptors (Lipinski definition) is 2. The maximum atomic E-state index is 12.4. The molecule has 3 heteroatoms. The Hall–Kier alpha value is -1.82. The lowest BCUT2D eigenvalue weighted by molar-refractivity contribution is -0.135. The number of amides is 1. The van der Waals surface area contributed by atoms with Crippen molar-refractivity contribution >= 4 is 5.91 Å². The van der Waals surface area contributed by atoms with Gasteiger partial charge < -0.3 is 4.90 Å². The van der Waals surface area contributed by atoms with E-state index in [1.165, 1.54) is 0 Å². The molecule has 0 atom stereocenters. The Morgan fingerprint density at radius 2 is 1.95 bits per heavy atom. The van der Waals surface area contributed by atoms with Crippen LogP contribution in [-0.2, 0) is 11.3 Å². The van der Waals surface area contributed by atoms with Crippen molar-refractivity contribution < 1.29 is 4.79 Å². The summed E-state index contributed by atoms with van der Waals surface area (Å²) in [5.74, 6) is 0.352. The Balaban J connectivity index is 2.70. The van der Waals surface area contributed by atoms with Crippen molar-refractivity contribution in [2.75, 3.05) is 7.05 Å². The fraction of sp³-hybridized carbons (Fsp3) is 0.529. The van der Waals surface area contributed by atoms with E-state index in [2.05, 4.69) is 19.9 Å². The molecule has 0 radical (unpaired) electrons. The van der Waals surface area contributed by atoms with Gasteiger partial charge in [-0.3, -0.25) is 4.79 Å². The fourth-order valence-corrected chi connectivity index (χ4v) is 2.49. The van der Waals surface area contributed by atoms with E-state index in [1.54, 1.807) is 11.0 Å². The van der Waals surface area contributed by atoms with Crippen molar-refractivity contribution in [3.8, 4) is 6.07 Å². The van der Waals surface area contributed by atoms with E-state index in [4.69, 9.17) is 5.26 Å². The van der Waals surface area contributed by atoms with Gasteiger partial charge >= 0.3 is 0 Å². The van der Waals surface area contributed by atoms with Crippen LogP contribution in [0.1, 0.15) is 50.7 Å². The Kier molecular flexibility index (Phi) is 6.79. The zero-order chi connectivity index (χ0) is 15.0. The lowest BCUT2D eigenvalue weighted by atomic mass is 9.96. The minimum Gasteiger partial charge on any atom is -0.341 e. The molecule has 0 heterocycles. The van der Waals surface area contributed by atoms with E-state index in [0.29, 0.717) is 12.1 Å². The second-order valence-electron chi connectivity index (χ2n) is 5.28. The standard InChI is InChI=1S/C17H24N2O/c1-4-7-16(8-5-2)17(20)19(3)13-15-10-6-9-14(11-15)12-18/h6,9-11,16H,4-5,7-8,13H2,1-3H3. The summed E-state index contributed by atoms with van der Waals surface area (Å²) in [5.41, 5.74) is 1.65. The highest BCUT2D eigenvalue weighted by molar-refractivity contribution is 5.78. The molecule has 0 saturated carbocycles. The Morgan fingerprint density at radius 1 is 1.30 bits per heavy atom. The molecule has 0 aliphatic rings. The first-order valence-corrected chi connectivity index (χ1v) is 7.36. The van der Waals surface area contributed by atoms with Crippen LogP contribution in [-0.4, -0.2) is 17.9 Å². The van der Waals surface area contributed by atoms with Gasteiger partial charge in [0, 0.05) is 19.5 Å². The molecule has 0 unspecified atom stereocenters. The lowest BCUT2D eigenvalue weighted by Gasteiger charge is -2.23. The van der Waals surface area contributed by atoms with Crippen molar-refractivity contribution in [2.24, 2.45) is 5.92 Å². The van der Waals surface area contributed by atoms with E-state index in [-0.39, 0.29) is 11.8 Å². The maximum absolute atomic E-state index is 12.4. The molecular weight excluding hydrogens is 248 g/mol. The summed E-state index contributed by atoms with van der Waals surface area (Å²) >= 11 is 0. The predicted octanol–water partition coefficient (Wildman–Crippen LogP) is 3.73. The Bertz CT molecular complexity index is 470. The van der Waals surface area contributed by atoms with Crippen LogP contribution < -0.4 is 0 Å². The van der Waals surface area contributed by atoms with Gasteiger partial charge in [-0.2, -0.15) is 5.26 Å². The van der Waals surface area contributed by atoms with Crippen LogP contribution in [0.25, 0.3) is 0 Å². The van der Waals surface area contributed by atoms with Crippen molar-refractivity contribution in [2.45, 2.75) is 46.1 Å². The van der Waals surface area contributed by atoms with Crippen LogP contribution in [0.4, 0.5) is 0 Å². The van der Waals surface area contributed by atoms with Gasteiger partial charge in [-0.15, -0.1) is 0 Å². The summed E-state index contributed by atoms with van der Waals surface area (Å²) in [6, 6.07) is 9.58. The predicted molar refractivity (Wildman–Crippen MR) is 80.9 cm³/mol. The number of nitriles is 1. The number of carbonyl (C=O) groups is 1. The van der Waals surface area contributed by atoms with Crippen LogP contribution in [0.5, 0.6) is 0 Å². The molecule has 1 aromatic carbocycles. The van der Waals surface area contributed by atoms with Crippen molar-refractivity contribution in [3.63, 3.8) is 0 Å². The van der Waals surface area contributed by atoms with Crippen molar-refractivity contribution in [1.29, 1.82) is 5.26 Å². The third-order valence-corrected chi connectivity index (χ3v) is 3.48. The van der Waals surface area contributed by atoms with Crippen molar-refractivity contribution in [3.05, 3.63) is 35.4 Å². The summed E-state index contributed by atoms with van der Waals surface area (Å²) in [6.45, 7) is 4.80. The molecule has 0 bridgehead atoms. The molecule has 0 N–H and O–H groups in total. The zero-order valence-corrected chi connectivity index (χ0v) is 12.7. The van der Waals surface area contributed by atoms with E-state index in [1.807, 2.05) is 25.2 Å². The summed E-state index contributed by atoms with van der Waals surface area (Å²) in [4.78, 5) is 14.2. The Morgan fingerprint density at radius 3 is 2.50 bits per heavy atom. The third kappa shape index (κ3) is 4.70. The number of carbonyl (C=O) groups excluding carboxylic acids is 1. The molecule has 0 aliphatic heterocycles. The second kappa shape index (κ2) is 8.37. The van der Waals surface area contributed by atoms with Gasteiger partial charge in [0.1, 0.15) is 0 Å². The van der Waals surface area contributed by atoms with Crippen LogP contribution in [0.15, 0.2) is 24.3 Å². The van der Waals surface area contributed by atoms with Gasteiger partial charge in [0.25, 0.3) is 0 Å². The highest BCUT2D eigenvalue weighted by Gasteiger charge is 2.20. The fourth-order valence-electron chi connectivity index (χ4n) is 2.49. The largest absolute Gasteiger partial charge is 0.341 e. The highest BCUT2D eigenvalue weighted by atomic mass is 16.2. The van der Waals surface area contributed by atoms with Gasteiger partial charge in [0.2, 0.25) is 5.91 Å². The normalized spacial score (nSPS) is 10.3. The highest BCUT2D eigenvalue weighted by Crippen LogP contribution is 2.17. The van der Waals surface area contributed by atoms with E-state index in [9.17, 15) is 4.79 Å². The minimum absolute atomic E-state index is 0.133. The number of nitrogens with zero attached hydrogens (tertiary/aromatic N) is 2. The first-order chi connectivity index (χ1) is 9.62. The van der Waals surface area contributed by atoms with Crippen LogP contribution in [0, 0.1) is 17.2 Å². The smallest absolute Gasteiger partial charge is 0.225 e. The second-order valence-corrected chi connectivity index (χ2v) is 5.28. The minimum atomic E-state index is 0.133. The topological polar surface area (TPSA) is 44.1 Å². The molecule has 20 heavy (non-hydrogen) atoms. The van der Waals surface area contributed by atoms with E-state index < -0.39 is 0 Å². The van der Waals surface area contributed by atoms with Gasteiger partial charge in [0.05, 0.1) is 11.6 Å². The summed E-state index contributed by atoms with van der Waals surface area (Å²) in [5, 5.41) is 8.90. The van der Waals surface area contributed by atoms with E-state index >= 15 is 0 Å². The SMILES string of the molecule is CCCC(CCC)C(=O)N(C)Cc1cccc(C#N)c1. The number of hydrogen-bond donors (Lipinski definition) is 0. The van der Waals surface area contributed by atoms with E-state index in [0.717, 1.165) is 31.2 Å². The molecule has 1 rings (SSSR count). The molecule has 0 aliphatic carbocycles. The van der Waals surface area contributed by atoms with Crippen LogP contribution >= 0.6 is 0 Å². The Labute approximate surface area is 122 Å². The molecule has 1 aromatic rings. The lowest BCUT2D eigenvalue weighted by Crippen LogP contribution is -2.32. The summed E-state index contributed by atoms with van der Waals surface area (Å²) < 4.78 is 0. The summed E-state index contributed by atoms with van der Waals surface area (Å²) in [6.07, 6.45) is 3.98. The number of benzene rings is 1. The van der Waals surface area contributed by atoms with Gasteiger partial charge in [-0.05, 0) is 30.5 Å². The van der Waals surface area contributed by atoms with Gasteiger partial charge in [0.15, 0.2) is 0 Å². The van der Waals surface area contributed by atoms with Crippen molar-refractivity contribution in [1.82, 2.24) is 4.90 Å². The first kappa shape index (κ1) is 16.2. The van der Waals surface area contributed by atoms with Gasteiger partial charge in [-0.1, -0.05) is 38.8 Å². The monoisotopic (exact) mass is 272 g/mol. The molecule has 3 nitrogen and oxygen atoms in total. The molecule has 0 fully saturated rings. The molecule has 1 amide bonds. The molecule has 0 spiro atoms. The average Bonchev–Trinajstić information content (AvgIpc) is 2.46. The quantitative estimate of drug-likeness (QED) is 0.759. The van der Waals surface area contributed by atoms with Gasteiger partial charge in [-0.25, -0.2) is 0 Å². The molecular formula is C17H24N2O. The summed E-state index contributed by atoms with van der Waals surface area (Å²) in [7, 11) is 1.85. The molecule has 0 saturated heterocycles. The maximum Gasteiger partial charge on any atom is 0.225 e. The van der Waals surface area contributed by atoms with Crippen LogP contribution in [0.2, 0.25) is 0 Å². The zero-order valence-electron chi connectivity index (χ0n) is 12.7. The number of rotatable bonds is 7.